The fourth-order valence-electron chi connectivity index (χ4n) is 2.72. The first kappa shape index (κ1) is 12.7. The molecule has 0 aromatic heterocycles. The van der Waals surface area contributed by atoms with E-state index in [9.17, 15) is 4.39 Å². The van der Waals surface area contributed by atoms with E-state index in [1.807, 2.05) is 13.1 Å². The van der Waals surface area contributed by atoms with Crippen molar-refractivity contribution in [2.45, 2.75) is 22.6 Å². The molecule has 0 radical (unpaired) electrons. The molecule has 0 saturated carbocycles. The molecule has 1 N–H and O–H groups in total. The van der Waals surface area contributed by atoms with E-state index in [-0.39, 0.29) is 5.82 Å². The molecule has 98 valence electrons. The Balaban J connectivity index is 1.83. The van der Waals surface area contributed by atoms with Crippen molar-refractivity contribution in [1.82, 2.24) is 5.32 Å². The summed E-state index contributed by atoms with van der Waals surface area (Å²) in [6, 6.07) is 15.7. The fraction of sp³-hybridized carbons (Fsp3) is 0.250. The van der Waals surface area contributed by atoms with Crippen molar-refractivity contribution < 1.29 is 4.39 Å². The van der Waals surface area contributed by atoms with Gasteiger partial charge < -0.3 is 5.32 Å². The maximum absolute atomic E-state index is 13.3. The lowest BCUT2D eigenvalue weighted by Gasteiger charge is -2.19. The van der Waals surface area contributed by atoms with Gasteiger partial charge in [0.15, 0.2) is 0 Å². The zero-order chi connectivity index (χ0) is 13.2. The van der Waals surface area contributed by atoms with Crippen molar-refractivity contribution in [3.63, 3.8) is 0 Å². The summed E-state index contributed by atoms with van der Waals surface area (Å²) in [6.45, 7) is 0. The highest BCUT2D eigenvalue weighted by Gasteiger charge is 2.31. The van der Waals surface area contributed by atoms with Gasteiger partial charge in [0.2, 0.25) is 0 Å². The highest BCUT2D eigenvalue weighted by Crippen LogP contribution is 2.41. The predicted octanol–water partition coefficient (Wildman–Crippen LogP) is 3.80. The number of rotatable bonds is 3. The monoisotopic (exact) mass is 273 g/mol. The lowest BCUT2D eigenvalue weighted by atomic mass is 10.1. The van der Waals surface area contributed by atoms with Gasteiger partial charge in [-0.3, -0.25) is 0 Å². The fourth-order valence-corrected chi connectivity index (χ4v) is 4.09. The second kappa shape index (κ2) is 5.35. The molecule has 0 spiro atoms. The van der Waals surface area contributed by atoms with Gasteiger partial charge in [0.25, 0.3) is 0 Å². The Morgan fingerprint density at radius 2 is 2.00 bits per heavy atom. The number of benzene rings is 2. The number of hydrogen-bond acceptors (Lipinski definition) is 2. The van der Waals surface area contributed by atoms with Gasteiger partial charge in [-0.1, -0.05) is 30.3 Å². The topological polar surface area (TPSA) is 12.0 Å². The summed E-state index contributed by atoms with van der Waals surface area (Å²) in [7, 11) is 1.99. The van der Waals surface area contributed by atoms with Crippen LogP contribution in [-0.4, -0.2) is 12.3 Å². The summed E-state index contributed by atoms with van der Waals surface area (Å²) in [5.74, 6) is -0.165. The third-order valence-electron chi connectivity index (χ3n) is 3.58. The molecular weight excluding hydrogens is 257 g/mol. The average molecular weight is 273 g/mol. The molecule has 0 heterocycles. The van der Waals surface area contributed by atoms with Crippen LogP contribution in [0, 0.1) is 5.82 Å². The van der Waals surface area contributed by atoms with Crippen molar-refractivity contribution >= 4 is 11.8 Å². The maximum Gasteiger partial charge on any atom is 0.124 e. The molecule has 1 aliphatic rings. The Kier molecular flexibility index (Phi) is 3.58. The number of thioether (sulfide) groups is 1. The van der Waals surface area contributed by atoms with Gasteiger partial charge in [-0.05, 0) is 42.8 Å². The lowest BCUT2D eigenvalue weighted by Crippen LogP contribution is -2.23. The highest BCUT2D eigenvalue weighted by molar-refractivity contribution is 8.00. The van der Waals surface area contributed by atoms with Crippen LogP contribution in [0.4, 0.5) is 4.39 Å². The number of hydrogen-bond donors (Lipinski definition) is 1. The summed E-state index contributed by atoms with van der Waals surface area (Å²) < 4.78 is 13.3. The van der Waals surface area contributed by atoms with Crippen molar-refractivity contribution in [3.8, 4) is 0 Å². The lowest BCUT2D eigenvalue weighted by molar-refractivity contribution is 0.602. The zero-order valence-corrected chi connectivity index (χ0v) is 11.6. The van der Waals surface area contributed by atoms with Gasteiger partial charge in [-0.25, -0.2) is 4.39 Å². The second-order valence-electron chi connectivity index (χ2n) is 4.78. The summed E-state index contributed by atoms with van der Waals surface area (Å²) in [5, 5.41) is 3.81. The van der Waals surface area contributed by atoms with Gasteiger partial charge in [0.05, 0.1) is 0 Å². The number of fused-ring (bicyclic) bond motifs is 1. The van der Waals surface area contributed by atoms with Gasteiger partial charge >= 0.3 is 0 Å². The first-order valence-electron chi connectivity index (χ1n) is 6.45. The molecule has 2 atom stereocenters. The van der Waals surface area contributed by atoms with E-state index in [2.05, 4.69) is 29.6 Å². The quantitative estimate of drug-likeness (QED) is 0.913. The smallest absolute Gasteiger partial charge is 0.124 e. The molecule has 0 bridgehead atoms. The van der Waals surface area contributed by atoms with E-state index in [0.717, 1.165) is 11.3 Å². The van der Waals surface area contributed by atoms with E-state index in [1.54, 1.807) is 23.9 Å². The predicted molar refractivity (Wildman–Crippen MR) is 78.0 cm³/mol. The molecule has 1 aliphatic carbocycles. The van der Waals surface area contributed by atoms with Crippen LogP contribution in [-0.2, 0) is 6.42 Å². The standard InChI is InChI=1S/C16H16FNS/c1-18-16-14-8-3-2-5-11(14)9-15(16)19-13-7-4-6-12(17)10-13/h2-8,10,15-16,18H,9H2,1H3. The molecule has 0 saturated heterocycles. The Hall–Kier alpha value is -1.32. The van der Waals surface area contributed by atoms with Gasteiger partial charge in [0.1, 0.15) is 5.82 Å². The Morgan fingerprint density at radius 3 is 2.79 bits per heavy atom. The Morgan fingerprint density at radius 1 is 1.16 bits per heavy atom. The molecule has 0 fully saturated rings. The van der Waals surface area contributed by atoms with E-state index in [0.29, 0.717) is 11.3 Å². The third-order valence-corrected chi connectivity index (χ3v) is 4.85. The molecule has 2 aromatic carbocycles. The molecule has 3 heteroatoms. The van der Waals surface area contributed by atoms with E-state index in [4.69, 9.17) is 0 Å². The Labute approximate surface area is 117 Å². The van der Waals surface area contributed by atoms with Gasteiger partial charge in [-0.15, -0.1) is 11.8 Å². The summed E-state index contributed by atoms with van der Waals surface area (Å²) >= 11 is 1.75. The van der Waals surface area contributed by atoms with Crippen molar-refractivity contribution in [2.75, 3.05) is 7.05 Å². The van der Waals surface area contributed by atoms with Crippen LogP contribution in [0.15, 0.2) is 53.4 Å². The van der Waals surface area contributed by atoms with Crippen molar-refractivity contribution in [3.05, 3.63) is 65.5 Å². The molecule has 19 heavy (non-hydrogen) atoms. The SMILES string of the molecule is CNC1c2ccccc2CC1Sc1cccc(F)c1. The van der Waals surface area contributed by atoms with Crippen molar-refractivity contribution in [2.24, 2.45) is 0 Å². The number of nitrogens with one attached hydrogen (secondary N) is 1. The first-order valence-corrected chi connectivity index (χ1v) is 7.33. The molecule has 2 aromatic rings. The van der Waals surface area contributed by atoms with Crippen LogP contribution >= 0.6 is 11.8 Å². The Bertz CT molecular complexity index is 584. The van der Waals surface area contributed by atoms with Crippen LogP contribution in [0.5, 0.6) is 0 Å². The van der Waals surface area contributed by atoms with Crippen LogP contribution in [0.2, 0.25) is 0 Å². The average Bonchev–Trinajstić information content (AvgIpc) is 2.75. The second-order valence-corrected chi connectivity index (χ2v) is 6.10. The van der Waals surface area contributed by atoms with E-state index in [1.165, 1.54) is 17.2 Å². The molecule has 3 rings (SSSR count). The minimum absolute atomic E-state index is 0.165. The first-order chi connectivity index (χ1) is 9.28. The molecule has 0 amide bonds. The van der Waals surface area contributed by atoms with E-state index >= 15 is 0 Å². The van der Waals surface area contributed by atoms with Crippen LogP contribution < -0.4 is 5.32 Å². The highest BCUT2D eigenvalue weighted by atomic mass is 32.2. The number of halogens is 1. The summed E-state index contributed by atoms with van der Waals surface area (Å²) in [6.07, 6.45) is 1.03. The minimum Gasteiger partial charge on any atom is -0.312 e. The van der Waals surface area contributed by atoms with Gasteiger partial charge in [-0.2, -0.15) is 0 Å². The van der Waals surface area contributed by atoms with E-state index < -0.39 is 0 Å². The molecule has 1 nitrogen and oxygen atoms in total. The minimum atomic E-state index is -0.165. The summed E-state index contributed by atoms with van der Waals surface area (Å²) in [5.41, 5.74) is 2.77. The van der Waals surface area contributed by atoms with Crippen LogP contribution in [0.1, 0.15) is 17.2 Å². The maximum atomic E-state index is 13.3. The summed E-state index contributed by atoms with van der Waals surface area (Å²) in [4.78, 5) is 0.998. The molecular formula is C16H16FNS. The van der Waals surface area contributed by atoms with Gasteiger partial charge in [0, 0.05) is 16.2 Å². The van der Waals surface area contributed by atoms with Crippen LogP contribution in [0.25, 0.3) is 0 Å². The normalized spacial score (nSPS) is 21.4. The van der Waals surface area contributed by atoms with Crippen LogP contribution in [0.3, 0.4) is 0 Å². The molecule has 0 aliphatic heterocycles. The molecule has 2 unspecified atom stereocenters. The third kappa shape index (κ3) is 2.53. The van der Waals surface area contributed by atoms with Crippen molar-refractivity contribution in [1.29, 1.82) is 0 Å². The largest absolute Gasteiger partial charge is 0.312 e. The zero-order valence-electron chi connectivity index (χ0n) is 10.8.